The standard InChI is InChI=1S/C32H24N2OS2/c1-21-13-17-23(18-14-21)27-29(25-9-5-3-6-10-25)36-31(33-27)34-32-35-28(24-19-15-22(2)16-20-24)30(37-32)26-11-7-4-8-12-26/h3-20H,1-2H3/b34-32-. The van der Waals surface area contributed by atoms with Crippen LogP contribution in [0.2, 0.25) is 0 Å². The molecule has 180 valence electrons. The van der Waals surface area contributed by atoms with Gasteiger partial charge in [0.1, 0.15) is 0 Å². The Morgan fingerprint density at radius 3 is 1.70 bits per heavy atom. The van der Waals surface area contributed by atoms with Gasteiger partial charge in [0.2, 0.25) is 5.13 Å². The second-order valence-electron chi connectivity index (χ2n) is 8.88. The predicted molar refractivity (Wildman–Crippen MR) is 155 cm³/mol. The molecule has 6 aromatic rings. The summed E-state index contributed by atoms with van der Waals surface area (Å²) in [5, 5.41) is 0.675. The summed E-state index contributed by atoms with van der Waals surface area (Å²) in [6.45, 7) is 4.18. The molecule has 0 aliphatic rings. The highest BCUT2D eigenvalue weighted by Crippen LogP contribution is 2.40. The first-order valence-electron chi connectivity index (χ1n) is 12.1. The lowest BCUT2D eigenvalue weighted by Crippen LogP contribution is -1.88. The number of rotatable bonds is 5. The smallest absolute Gasteiger partial charge is 0.282 e. The number of aromatic nitrogens is 1. The normalized spacial score (nSPS) is 11.7. The zero-order valence-corrected chi connectivity index (χ0v) is 22.1. The van der Waals surface area contributed by atoms with Gasteiger partial charge < -0.3 is 4.42 Å². The third-order valence-electron chi connectivity index (χ3n) is 6.10. The highest BCUT2D eigenvalue weighted by atomic mass is 32.1. The van der Waals surface area contributed by atoms with E-state index in [9.17, 15) is 0 Å². The van der Waals surface area contributed by atoms with E-state index < -0.39 is 0 Å². The van der Waals surface area contributed by atoms with Crippen LogP contribution in [-0.2, 0) is 0 Å². The van der Waals surface area contributed by atoms with Crippen LogP contribution in [0.4, 0.5) is 5.13 Å². The lowest BCUT2D eigenvalue weighted by molar-refractivity contribution is 0.539. The summed E-state index contributed by atoms with van der Waals surface area (Å²) >= 11 is 3.13. The van der Waals surface area contributed by atoms with E-state index in [1.54, 1.807) is 22.7 Å². The Morgan fingerprint density at radius 1 is 0.568 bits per heavy atom. The molecule has 2 heterocycles. The van der Waals surface area contributed by atoms with Crippen LogP contribution < -0.4 is 4.87 Å². The zero-order chi connectivity index (χ0) is 25.2. The molecule has 0 aliphatic heterocycles. The molecule has 0 N–H and O–H groups in total. The molecule has 0 unspecified atom stereocenters. The van der Waals surface area contributed by atoms with Crippen LogP contribution in [0.25, 0.3) is 43.5 Å². The Labute approximate surface area is 224 Å². The van der Waals surface area contributed by atoms with Crippen molar-refractivity contribution in [3.05, 3.63) is 125 Å². The molecule has 0 radical (unpaired) electrons. The van der Waals surface area contributed by atoms with Crippen molar-refractivity contribution >= 4 is 27.8 Å². The fourth-order valence-electron chi connectivity index (χ4n) is 4.14. The summed E-state index contributed by atoms with van der Waals surface area (Å²) in [6, 6.07) is 37.6. The van der Waals surface area contributed by atoms with Crippen molar-refractivity contribution in [1.82, 2.24) is 4.98 Å². The van der Waals surface area contributed by atoms with Crippen molar-refractivity contribution in [2.24, 2.45) is 4.99 Å². The summed E-state index contributed by atoms with van der Waals surface area (Å²) in [5.74, 6) is 0.827. The van der Waals surface area contributed by atoms with Crippen molar-refractivity contribution in [3.8, 4) is 43.5 Å². The maximum atomic E-state index is 6.39. The minimum absolute atomic E-state index is 0.582. The van der Waals surface area contributed by atoms with Crippen LogP contribution in [-0.4, -0.2) is 4.98 Å². The van der Waals surface area contributed by atoms with Gasteiger partial charge in [-0.2, -0.15) is 4.99 Å². The van der Waals surface area contributed by atoms with E-state index in [2.05, 4.69) is 98.8 Å². The zero-order valence-electron chi connectivity index (χ0n) is 20.5. The SMILES string of the molecule is Cc1ccc(-c2nc(/N=c3/oc(-c4ccc(C)cc4)c(-c4ccccc4)s3)sc2-c2ccccc2)cc1. The molecular formula is C32H24N2OS2. The molecule has 0 fully saturated rings. The third kappa shape index (κ3) is 4.96. The number of thiazole rings is 1. The molecule has 0 bridgehead atoms. The number of aryl methyl sites for hydroxylation is 2. The van der Waals surface area contributed by atoms with Gasteiger partial charge in [0.15, 0.2) is 5.76 Å². The monoisotopic (exact) mass is 516 g/mol. The minimum atomic E-state index is 0.582. The van der Waals surface area contributed by atoms with Gasteiger partial charge in [-0.15, -0.1) is 0 Å². The van der Waals surface area contributed by atoms with E-state index in [-0.39, 0.29) is 0 Å². The lowest BCUT2D eigenvalue weighted by Gasteiger charge is -2.03. The fraction of sp³-hybridized carbons (Fsp3) is 0.0625. The van der Waals surface area contributed by atoms with Gasteiger partial charge in [0.05, 0.1) is 15.4 Å². The first kappa shape index (κ1) is 23.3. The van der Waals surface area contributed by atoms with Gasteiger partial charge in [-0.25, -0.2) is 4.98 Å². The maximum absolute atomic E-state index is 6.39. The van der Waals surface area contributed by atoms with E-state index in [4.69, 9.17) is 14.4 Å². The lowest BCUT2D eigenvalue weighted by atomic mass is 10.1. The first-order valence-corrected chi connectivity index (χ1v) is 13.7. The van der Waals surface area contributed by atoms with E-state index in [0.717, 1.165) is 43.5 Å². The molecule has 0 atom stereocenters. The van der Waals surface area contributed by atoms with Crippen LogP contribution in [0, 0.1) is 13.8 Å². The summed E-state index contributed by atoms with van der Waals surface area (Å²) < 4.78 is 6.39. The number of hydrogen-bond acceptors (Lipinski definition) is 5. The molecule has 6 rings (SSSR count). The summed E-state index contributed by atoms with van der Waals surface area (Å²) in [4.78, 5) is 12.6. The minimum Gasteiger partial charge on any atom is -0.429 e. The largest absolute Gasteiger partial charge is 0.429 e. The van der Waals surface area contributed by atoms with Gasteiger partial charge in [-0.3, -0.25) is 0 Å². The van der Waals surface area contributed by atoms with Crippen LogP contribution >= 0.6 is 22.7 Å². The van der Waals surface area contributed by atoms with Crippen LogP contribution in [0.3, 0.4) is 0 Å². The molecule has 5 heteroatoms. The van der Waals surface area contributed by atoms with Gasteiger partial charge in [-0.1, -0.05) is 143 Å². The molecule has 0 amide bonds. The quantitative estimate of drug-likeness (QED) is 0.229. The van der Waals surface area contributed by atoms with Crippen LogP contribution in [0.1, 0.15) is 11.1 Å². The molecule has 2 aromatic heterocycles. The second kappa shape index (κ2) is 10.1. The molecule has 0 saturated heterocycles. The molecule has 0 saturated carbocycles. The second-order valence-corrected chi connectivity index (χ2v) is 10.8. The first-order chi connectivity index (χ1) is 18.1. The molecular weight excluding hydrogens is 492 g/mol. The van der Waals surface area contributed by atoms with Crippen molar-refractivity contribution in [2.75, 3.05) is 0 Å². The Morgan fingerprint density at radius 2 is 1.11 bits per heavy atom. The highest BCUT2D eigenvalue weighted by molar-refractivity contribution is 7.19. The van der Waals surface area contributed by atoms with Gasteiger partial charge in [0.25, 0.3) is 4.87 Å². The molecule has 3 nitrogen and oxygen atoms in total. The number of benzene rings is 4. The molecule has 4 aromatic carbocycles. The molecule has 37 heavy (non-hydrogen) atoms. The van der Waals surface area contributed by atoms with Crippen LogP contribution in [0.15, 0.2) is 119 Å². The van der Waals surface area contributed by atoms with Gasteiger partial charge >= 0.3 is 0 Å². The van der Waals surface area contributed by atoms with Crippen molar-refractivity contribution < 1.29 is 4.42 Å². The van der Waals surface area contributed by atoms with Gasteiger partial charge in [0, 0.05) is 11.1 Å². The number of nitrogens with zero attached hydrogens (tertiary/aromatic N) is 2. The molecule has 0 spiro atoms. The molecule has 0 aliphatic carbocycles. The Kier molecular flexibility index (Phi) is 6.39. The van der Waals surface area contributed by atoms with Crippen LogP contribution in [0.5, 0.6) is 0 Å². The third-order valence-corrected chi connectivity index (χ3v) is 8.07. The maximum Gasteiger partial charge on any atom is 0.282 e. The summed E-state index contributed by atoms with van der Waals surface area (Å²) in [6.07, 6.45) is 0. The Bertz CT molecular complexity index is 1710. The topological polar surface area (TPSA) is 38.4 Å². The highest BCUT2D eigenvalue weighted by Gasteiger charge is 2.17. The average Bonchev–Trinajstić information content (AvgIpc) is 3.55. The van der Waals surface area contributed by atoms with E-state index in [1.807, 2.05) is 24.3 Å². The predicted octanol–water partition coefficient (Wildman–Crippen LogP) is 9.31. The van der Waals surface area contributed by atoms with Crippen molar-refractivity contribution in [1.29, 1.82) is 0 Å². The fourth-order valence-corrected chi connectivity index (χ4v) is 6.09. The van der Waals surface area contributed by atoms with E-state index in [0.29, 0.717) is 10.00 Å². The summed E-state index contributed by atoms with van der Waals surface area (Å²) in [7, 11) is 0. The van der Waals surface area contributed by atoms with Crippen molar-refractivity contribution in [3.63, 3.8) is 0 Å². The number of hydrogen-bond donors (Lipinski definition) is 0. The summed E-state index contributed by atoms with van der Waals surface area (Å²) in [5.41, 5.74) is 7.73. The van der Waals surface area contributed by atoms with Gasteiger partial charge in [-0.05, 0) is 25.0 Å². The average molecular weight is 517 g/mol. The Hall–Kier alpha value is -4.06. The van der Waals surface area contributed by atoms with E-state index >= 15 is 0 Å². The van der Waals surface area contributed by atoms with E-state index in [1.165, 1.54) is 11.1 Å². The van der Waals surface area contributed by atoms with Crippen molar-refractivity contribution in [2.45, 2.75) is 13.8 Å². The Balaban J connectivity index is 1.51.